The number of nitrogens with zero attached hydrogens (tertiary/aromatic N) is 2. The van der Waals surface area contributed by atoms with E-state index >= 15 is 0 Å². The van der Waals surface area contributed by atoms with Crippen LogP contribution >= 0.6 is 0 Å². The predicted molar refractivity (Wildman–Crippen MR) is 82.9 cm³/mol. The number of piperazine rings is 1. The van der Waals surface area contributed by atoms with E-state index in [0.29, 0.717) is 38.6 Å². The zero-order valence-corrected chi connectivity index (χ0v) is 13.4. The number of hydrogen-bond donors (Lipinski definition) is 1. The third-order valence-corrected chi connectivity index (χ3v) is 4.56. The molecule has 2 fully saturated rings. The van der Waals surface area contributed by atoms with Gasteiger partial charge in [-0.3, -0.25) is 9.59 Å². The van der Waals surface area contributed by atoms with Gasteiger partial charge < -0.3 is 15.1 Å². The van der Waals surface area contributed by atoms with Crippen LogP contribution in [-0.2, 0) is 9.59 Å². The van der Waals surface area contributed by atoms with E-state index in [2.05, 4.69) is 5.32 Å². The second-order valence-electron chi connectivity index (χ2n) is 6.55. The maximum Gasteiger partial charge on any atom is 0.225 e. The molecule has 120 valence electrons. The van der Waals surface area contributed by atoms with Gasteiger partial charge in [0.15, 0.2) is 0 Å². The Labute approximate surface area is 128 Å². The zero-order chi connectivity index (χ0) is 15.2. The summed E-state index contributed by atoms with van der Waals surface area (Å²) < 4.78 is 0. The highest BCUT2D eigenvalue weighted by atomic mass is 16.2. The summed E-state index contributed by atoms with van der Waals surface area (Å²) in [6, 6.07) is 0.520. The Hall–Kier alpha value is -1.10. The van der Waals surface area contributed by atoms with Crippen molar-refractivity contribution in [2.75, 3.05) is 32.7 Å². The van der Waals surface area contributed by atoms with Crippen molar-refractivity contribution in [3.05, 3.63) is 0 Å². The maximum absolute atomic E-state index is 12.2. The van der Waals surface area contributed by atoms with Gasteiger partial charge in [0.05, 0.1) is 0 Å². The van der Waals surface area contributed by atoms with Crippen LogP contribution in [0.25, 0.3) is 0 Å². The van der Waals surface area contributed by atoms with Gasteiger partial charge in [0.25, 0.3) is 0 Å². The number of piperidine rings is 1. The molecule has 2 heterocycles. The summed E-state index contributed by atoms with van der Waals surface area (Å²) in [5.74, 6) is 0.497. The van der Waals surface area contributed by atoms with Gasteiger partial charge in [-0.05, 0) is 25.8 Å². The Bertz CT molecular complexity index is 357. The topological polar surface area (TPSA) is 52.7 Å². The molecule has 1 unspecified atom stereocenters. The van der Waals surface area contributed by atoms with Crippen molar-refractivity contribution in [2.24, 2.45) is 5.92 Å². The monoisotopic (exact) mass is 295 g/mol. The van der Waals surface area contributed by atoms with Gasteiger partial charge in [-0.1, -0.05) is 20.3 Å². The summed E-state index contributed by atoms with van der Waals surface area (Å²) in [6.07, 6.45) is 5.32. The molecule has 0 saturated carbocycles. The Morgan fingerprint density at radius 1 is 1.10 bits per heavy atom. The van der Waals surface area contributed by atoms with E-state index in [0.717, 1.165) is 13.0 Å². The smallest absolute Gasteiger partial charge is 0.225 e. The predicted octanol–water partition coefficient (Wildman–Crippen LogP) is 1.24. The zero-order valence-electron chi connectivity index (χ0n) is 13.4. The van der Waals surface area contributed by atoms with Gasteiger partial charge in [-0.25, -0.2) is 0 Å². The maximum atomic E-state index is 12.2. The SMILES string of the molecule is CC(C)C(=O)N1CCN(C(=O)CCC2CCCCN2)CC1. The Balaban J connectivity index is 1.69. The molecule has 0 aromatic heterocycles. The first-order chi connectivity index (χ1) is 10.1. The molecule has 1 N–H and O–H groups in total. The molecule has 2 saturated heterocycles. The fourth-order valence-corrected chi connectivity index (χ4v) is 3.17. The van der Waals surface area contributed by atoms with E-state index in [1.807, 2.05) is 23.6 Å². The molecule has 5 nitrogen and oxygen atoms in total. The van der Waals surface area contributed by atoms with E-state index < -0.39 is 0 Å². The minimum Gasteiger partial charge on any atom is -0.339 e. The van der Waals surface area contributed by atoms with E-state index in [9.17, 15) is 9.59 Å². The highest BCUT2D eigenvalue weighted by Crippen LogP contribution is 2.14. The van der Waals surface area contributed by atoms with Crippen LogP contribution < -0.4 is 5.32 Å². The molecule has 0 radical (unpaired) electrons. The van der Waals surface area contributed by atoms with Crippen LogP contribution in [0, 0.1) is 5.92 Å². The van der Waals surface area contributed by atoms with Crippen molar-refractivity contribution in [2.45, 2.75) is 52.0 Å². The molecular weight excluding hydrogens is 266 g/mol. The molecule has 2 amide bonds. The van der Waals surface area contributed by atoms with E-state index in [-0.39, 0.29) is 17.7 Å². The Morgan fingerprint density at radius 2 is 1.76 bits per heavy atom. The molecule has 21 heavy (non-hydrogen) atoms. The minimum absolute atomic E-state index is 0.0460. The largest absolute Gasteiger partial charge is 0.339 e. The van der Waals surface area contributed by atoms with Crippen LogP contribution in [0.1, 0.15) is 46.0 Å². The Kier molecular flexibility index (Phi) is 6.03. The summed E-state index contributed by atoms with van der Waals surface area (Å²) in [5, 5.41) is 3.49. The van der Waals surface area contributed by atoms with Crippen molar-refractivity contribution in [1.29, 1.82) is 0 Å². The molecule has 0 bridgehead atoms. The second kappa shape index (κ2) is 7.78. The second-order valence-corrected chi connectivity index (χ2v) is 6.55. The lowest BCUT2D eigenvalue weighted by atomic mass is 10.0. The number of amides is 2. The molecule has 1 atom stereocenters. The quantitative estimate of drug-likeness (QED) is 0.849. The lowest BCUT2D eigenvalue weighted by Gasteiger charge is -2.36. The van der Waals surface area contributed by atoms with Crippen LogP contribution in [0.15, 0.2) is 0 Å². The normalized spacial score (nSPS) is 23.5. The molecule has 2 aliphatic rings. The molecule has 0 aromatic carbocycles. The number of carbonyl (C=O) groups excluding carboxylic acids is 2. The molecule has 0 aromatic rings. The molecule has 0 spiro atoms. The third-order valence-electron chi connectivity index (χ3n) is 4.56. The summed E-state index contributed by atoms with van der Waals surface area (Å²) >= 11 is 0. The molecule has 0 aliphatic carbocycles. The molecule has 2 rings (SSSR count). The number of nitrogens with one attached hydrogen (secondary N) is 1. The molecule has 5 heteroatoms. The third kappa shape index (κ3) is 4.70. The molecular formula is C16H29N3O2. The van der Waals surface area contributed by atoms with E-state index in [1.165, 1.54) is 19.3 Å². The lowest BCUT2D eigenvalue weighted by Crippen LogP contribution is -2.51. The highest BCUT2D eigenvalue weighted by molar-refractivity contribution is 5.79. The van der Waals surface area contributed by atoms with Crippen molar-refractivity contribution in [3.63, 3.8) is 0 Å². The average Bonchev–Trinajstić information content (AvgIpc) is 2.53. The minimum atomic E-state index is 0.0460. The van der Waals surface area contributed by atoms with Gasteiger partial charge in [0, 0.05) is 44.6 Å². The highest BCUT2D eigenvalue weighted by Gasteiger charge is 2.25. The van der Waals surface area contributed by atoms with Crippen molar-refractivity contribution < 1.29 is 9.59 Å². The van der Waals surface area contributed by atoms with Crippen LogP contribution in [0.4, 0.5) is 0 Å². The van der Waals surface area contributed by atoms with Crippen molar-refractivity contribution in [1.82, 2.24) is 15.1 Å². The fourth-order valence-electron chi connectivity index (χ4n) is 3.17. The first kappa shape index (κ1) is 16.3. The number of rotatable bonds is 4. The number of hydrogen-bond acceptors (Lipinski definition) is 3. The average molecular weight is 295 g/mol. The van der Waals surface area contributed by atoms with Crippen LogP contribution in [0.5, 0.6) is 0 Å². The summed E-state index contributed by atoms with van der Waals surface area (Å²) in [7, 11) is 0. The van der Waals surface area contributed by atoms with Crippen LogP contribution in [-0.4, -0.2) is 60.4 Å². The summed E-state index contributed by atoms with van der Waals surface area (Å²) in [6.45, 7) is 7.70. The van der Waals surface area contributed by atoms with Gasteiger partial charge >= 0.3 is 0 Å². The van der Waals surface area contributed by atoms with Crippen LogP contribution in [0.2, 0.25) is 0 Å². The lowest BCUT2D eigenvalue weighted by molar-refractivity contribution is -0.141. The molecule has 2 aliphatic heterocycles. The van der Waals surface area contributed by atoms with Gasteiger partial charge in [-0.2, -0.15) is 0 Å². The van der Waals surface area contributed by atoms with Crippen LogP contribution in [0.3, 0.4) is 0 Å². The van der Waals surface area contributed by atoms with Crippen molar-refractivity contribution in [3.8, 4) is 0 Å². The first-order valence-electron chi connectivity index (χ1n) is 8.38. The standard InChI is InChI=1S/C16H29N3O2/c1-13(2)16(21)19-11-9-18(10-12-19)15(20)7-6-14-5-3-4-8-17-14/h13-14,17H,3-12H2,1-2H3. The summed E-state index contributed by atoms with van der Waals surface area (Å²) in [5.41, 5.74) is 0. The van der Waals surface area contributed by atoms with Gasteiger partial charge in [0.2, 0.25) is 11.8 Å². The van der Waals surface area contributed by atoms with Gasteiger partial charge in [-0.15, -0.1) is 0 Å². The van der Waals surface area contributed by atoms with Gasteiger partial charge in [0.1, 0.15) is 0 Å². The number of carbonyl (C=O) groups is 2. The van der Waals surface area contributed by atoms with E-state index in [1.54, 1.807) is 0 Å². The first-order valence-corrected chi connectivity index (χ1v) is 8.38. The fraction of sp³-hybridized carbons (Fsp3) is 0.875. The van der Waals surface area contributed by atoms with Crippen molar-refractivity contribution >= 4 is 11.8 Å². The summed E-state index contributed by atoms with van der Waals surface area (Å²) in [4.78, 5) is 28.0. The van der Waals surface area contributed by atoms with E-state index in [4.69, 9.17) is 0 Å². The Morgan fingerprint density at radius 3 is 2.33 bits per heavy atom.